The van der Waals surface area contributed by atoms with Gasteiger partial charge in [-0.2, -0.15) is 10.2 Å². The van der Waals surface area contributed by atoms with E-state index in [0.717, 1.165) is 47.5 Å². The molecule has 0 saturated heterocycles. The molecule has 2 N–H and O–H groups in total. The molecular formula is C22H24ClN5O3. The summed E-state index contributed by atoms with van der Waals surface area (Å²) in [6, 6.07) is 3.76. The summed E-state index contributed by atoms with van der Waals surface area (Å²) in [5.74, 6) is 1.22. The van der Waals surface area contributed by atoms with E-state index in [-0.39, 0.29) is 11.8 Å². The number of fused-ring (bicyclic) bond motifs is 1. The van der Waals surface area contributed by atoms with Crippen molar-refractivity contribution in [3.8, 4) is 22.9 Å². The number of halogens is 1. The number of methoxy groups -OCH3 is 2. The fourth-order valence-electron chi connectivity index (χ4n) is 4.12. The summed E-state index contributed by atoms with van der Waals surface area (Å²) in [6.45, 7) is 3.51. The maximum Gasteiger partial charge on any atom is 0.247 e. The van der Waals surface area contributed by atoms with Crippen molar-refractivity contribution >= 4 is 23.2 Å². The van der Waals surface area contributed by atoms with Crippen LogP contribution >= 0.6 is 11.6 Å². The molecule has 3 aromatic rings. The lowest BCUT2D eigenvalue weighted by Crippen LogP contribution is -2.14. The molecule has 2 aromatic heterocycles. The lowest BCUT2D eigenvalue weighted by atomic mass is 9.82. The third-order valence-electron chi connectivity index (χ3n) is 5.69. The van der Waals surface area contributed by atoms with Gasteiger partial charge >= 0.3 is 0 Å². The Balaban J connectivity index is 1.67. The number of ether oxygens (including phenoxy) is 2. The molecule has 162 valence electrons. The van der Waals surface area contributed by atoms with E-state index in [9.17, 15) is 4.79 Å². The van der Waals surface area contributed by atoms with Gasteiger partial charge in [0.2, 0.25) is 5.91 Å². The Hall–Kier alpha value is -3.26. The molecule has 0 unspecified atom stereocenters. The molecule has 4 rings (SSSR count). The van der Waals surface area contributed by atoms with E-state index in [1.165, 1.54) is 6.08 Å². The molecule has 0 radical (unpaired) electrons. The molecule has 0 saturated carbocycles. The van der Waals surface area contributed by atoms with Crippen molar-refractivity contribution in [2.24, 2.45) is 7.05 Å². The van der Waals surface area contributed by atoms with Crippen LogP contribution in [0.4, 0.5) is 5.69 Å². The van der Waals surface area contributed by atoms with E-state index >= 15 is 0 Å². The van der Waals surface area contributed by atoms with Gasteiger partial charge in [0.15, 0.2) is 0 Å². The second-order valence-electron chi connectivity index (χ2n) is 7.43. The largest absolute Gasteiger partial charge is 0.497 e. The van der Waals surface area contributed by atoms with Gasteiger partial charge < -0.3 is 14.8 Å². The normalized spacial score (nSPS) is 15.3. The topological polar surface area (TPSA) is 94.1 Å². The number of benzene rings is 1. The first-order valence-electron chi connectivity index (χ1n) is 9.90. The second-order valence-corrected chi connectivity index (χ2v) is 7.80. The molecule has 31 heavy (non-hydrogen) atoms. The van der Waals surface area contributed by atoms with Gasteiger partial charge in [0, 0.05) is 24.4 Å². The molecule has 1 atom stereocenters. The highest BCUT2D eigenvalue weighted by molar-refractivity contribution is 6.33. The van der Waals surface area contributed by atoms with Gasteiger partial charge in [-0.25, -0.2) is 0 Å². The standard InChI is InChI=1S/C22H24ClN5O3/c1-5-19(29)25-17-11-24-28(2)22(17)21-14-7-6-12(8-16(14)26-27-21)15-9-13(30-3)10-18(31-4)20(15)23/h5,9-12H,1,6-8H2,2-4H3,(H,25,29)(H,26,27)/t12-/m1/s1. The van der Waals surface area contributed by atoms with Crippen LogP contribution in [0.25, 0.3) is 11.4 Å². The number of aryl methyl sites for hydroxylation is 1. The molecule has 1 aromatic carbocycles. The Morgan fingerprint density at radius 2 is 2.19 bits per heavy atom. The van der Waals surface area contributed by atoms with Gasteiger partial charge in [0.05, 0.1) is 31.1 Å². The SMILES string of the molecule is C=CC(=O)Nc1cnn(C)c1-c1n[nH]c2c1CC[C@@H](c1cc(OC)cc(OC)c1Cl)C2. The van der Waals surface area contributed by atoms with Gasteiger partial charge in [0.1, 0.15) is 22.9 Å². The Labute approximate surface area is 185 Å². The zero-order valence-corrected chi connectivity index (χ0v) is 18.4. The summed E-state index contributed by atoms with van der Waals surface area (Å²) < 4.78 is 12.6. The zero-order valence-electron chi connectivity index (χ0n) is 17.7. The zero-order chi connectivity index (χ0) is 22.1. The number of hydrogen-bond acceptors (Lipinski definition) is 5. The molecule has 2 heterocycles. The van der Waals surface area contributed by atoms with Crippen LogP contribution in [0.3, 0.4) is 0 Å². The highest BCUT2D eigenvalue weighted by Gasteiger charge is 2.29. The van der Waals surface area contributed by atoms with Gasteiger partial charge in [-0.15, -0.1) is 0 Å². The Kier molecular flexibility index (Phi) is 5.73. The lowest BCUT2D eigenvalue weighted by Gasteiger charge is -2.25. The number of aromatic amines is 1. The number of nitrogens with zero attached hydrogens (tertiary/aromatic N) is 3. The van der Waals surface area contributed by atoms with Crippen molar-refractivity contribution < 1.29 is 14.3 Å². The maximum absolute atomic E-state index is 11.8. The summed E-state index contributed by atoms with van der Waals surface area (Å²) in [4.78, 5) is 11.8. The number of amides is 1. The minimum atomic E-state index is -0.291. The summed E-state index contributed by atoms with van der Waals surface area (Å²) in [6.07, 6.45) is 5.30. The lowest BCUT2D eigenvalue weighted by molar-refractivity contribution is -0.111. The number of anilines is 1. The predicted molar refractivity (Wildman–Crippen MR) is 119 cm³/mol. The highest BCUT2D eigenvalue weighted by Crippen LogP contribution is 2.43. The first kappa shape index (κ1) is 21.0. The van der Waals surface area contributed by atoms with E-state index in [4.69, 9.17) is 21.1 Å². The average molecular weight is 442 g/mol. The number of nitrogens with one attached hydrogen (secondary N) is 2. The smallest absolute Gasteiger partial charge is 0.247 e. The molecule has 8 nitrogen and oxygen atoms in total. The Morgan fingerprint density at radius 1 is 1.39 bits per heavy atom. The second kappa shape index (κ2) is 8.47. The first-order chi connectivity index (χ1) is 15.0. The number of hydrogen-bond donors (Lipinski definition) is 2. The summed E-state index contributed by atoms with van der Waals surface area (Å²) in [7, 11) is 5.05. The fourth-order valence-corrected chi connectivity index (χ4v) is 4.46. The van der Waals surface area contributed by atoms with E-state index in [0.29, 0.717) is 22.2 Å². The number of aromatic nitrogens is 4. The van der Waals surface area contributed by atoms with Crippen LogP contribution in [-0.2, 0) is 24.7 Å². The Bertz CT molecular complexity index is 1150. The Morgan fingerprint density at radius 3 is 2.90 bits per heavy atom. The number of H-pyrrole nitrogens is 1. The molecular weight excluding hydrogens is 418 g/mol. The summed E-state index contributed by atoms with van der Waals surface area (Å²) >= 11 is 6.62. The number of carbonyl (C=O) groups excluding carboxylic acids is 1. The maximum atomic E-state index is 11.8. The average Bonchev–Trinajstić information content (AvgIpc) is 3.35. The predicted octanol–water partition coefficient (Wildman–Crippen LogP) is 3.88. The molecule has 1 aliphatic carbocycles. The molecule has 0 aliphatic heterocycles. The summed E-state index contributed by atoms with van der Waals surface area (Å²) in [5, 5.41) is 15.5. The van der Waals surface area contributed by atoms with Crippen molar-refractivity contribution in [1.29, 1.82) is 0 Å². The van der Waals surface area contributed by atoms with Crippen LogP contribution in [-0.4, -0.2) is 40.1 Å². The van der Waals surface area contributed by atoms with Crippen molar-refractivity contribution in [1.82, 2.24) is 20.0 Å². The third kappa shape index (κ3) is 3.79. The molecule has 1 amide bonds. The number of rotatable bonds is 6. The van der Waals surface area contributed by atoms with Crippen LogP contribution in [0, 0.1) is 0 Å². The summed E-state index contributed by atoms with van der Waals surface area (Å²) in [5.41, 5.74) is 5.32. The molecule has 1 aliphatic rings. The molecule has 0 bridgehead atoms. The molecule has 9 heteroatoms. The third-order valence-corrected chi connectivity index (χ3v) is 6.09. The molecule has 0 fully saturated rings. The van der Waals surface area contributed by atoms with Gasteiger partial charge in [-0.3, -0.25) is 14.6 Å². The van der Waals surface area contributed by atoms with E-state index in [1.807, 2.05) is 13.1 Å². The van der Waals surface area contributed by atoms with Crippen LogP contribution in [0.5, 0.6) is 11.5 Å². The minimum absolute atomic E-state index is 0.198. The highest BCUT2D eigenvalue weighted by atomic mass is 35.5. The van der Waals surface area contributed by atoms with E-state index in [2.05, 4.69) is 27.2 Å². The van der Waals surface area contributed by atoms with Crippen LogP contribution in [0.2, 0.25) is 5.02 Å². The quantitative estimate of drug-likeness (QED) is 0.566. The van der Waals surface area contributed by atoms with Crippen LogP contribution in [0.15, 0.2) is 31.0 Å². The van der Waals surface area contributed by atoms with Crippen molar-refractivity contribution in [2.45, 2.75) is 25.2 Å². The number of carbonyl (C=O) groups is 1. The van der Waals surface area contributed by atoms with Crippen LogP contribution in [0.1, 0.15) is 29.2 Å². The van der Waals surface area contributed by atoms with Gasteiger partial charge in [-0.1, -0.05) is 18.2 Å². The molecule has 0 spiro atoms. The van der Waals surface area contributed by atoms with Crippen LogP contribution < -0.4 is 14.8 Å². The van der Waals surface area contributed by atoms with Crippen molar-refractivity contribution in [2.75, 3.05) is 19.5 Å². The van der Waals surface area contributed by atoms with Crippen molar-refractivity contribution in [3.63, 3.8) is 0 Å². The minimum Gasteiger partial charge on any atom is -0.497 e. The first-order valence-corrected chi connectivity index (χ1v) is 10.3. The van der Waals surface area contributed by atoms with E-state index < -0.39 is 0 Å². The van der Waals surface area contributed by atoms with Gasteiger partial charge in [0.25, 0.3) is 0 Å². The van der Waals surface area contributed by atoms with Gasteiger partial charge in [-0.05, 0) is 42.9 Å². The fraction of sp³-hybridized carbons (Fsp3) is 0.318. The van der Waals surface area contributed by atoms with Crippen molar-refractivity contribution in [3.05, 3.63) is 52.8 Å². The van der Waals surface area contributed by atoms with E-state index in [1.54, 1.807) is 31.2 Å². The monoisotopic (exact) mass is 441 g/mol.